The van der Waals surface area contributed by atoms with Crippen LogP contribution in [0.4, 0.5) is 0 Å². The standard InChI is InChI=1S/C35H32Cl4O14/c1-50-28-11-18(5-9-26(28)52-34(48)20(15-30(44)45)13-24(42)32(36)37)3-7-22(40)17-23(41)8-4-19-6-10-27(29(12-19)51-2)53-35(49)21(16-31(46)47)14-25(43)33(38)39/h3-12,20-21,32-33H,13-17H2,1-2H3,(H,44,45)(H,46,47)/b7-3+,8-4+/t20-,21-/m0/s1. The molecule has 0 bridgehead atoms. The normalized spacial score (nSPS) is 12.4. The van der Waals surface area contributed by atoms with Gasteiger partial charge in [0.05, 0.1) is 45.3 Å². The zero-order valence-electron chi connectivity index (χ0n) is 27.9. The molecule has 2 aromatic carbocycles. The third-order valence-corrected chi connectivity index (χ3v) is 7.93. The van der Waals surface area contributed by atoms with E-state index < -0.39 is 101 Å². The number of alkyl halides is 4. The monoisotopic (exact) mass is 816 g/mol. The molecule has 0 spiro atoms. The van der Waals surface area contributed by atoms with E-state index in [-0.39, 0.29) is 23.0 Å². The molecule has 14 nitrogen and oxygen atoms in total. The summed E-state index contributed by atoms with van der Waals surface area (Å²) in [6.45, 7) is 0. The smallest absolute Gasteiger partial charge is 0.315 e. The third kappa shape index (κ3) is 15.4. The summed E-state index contributed by atoms with van der Waals surface area (Å²) >= 11 is 22.1. The number of methoxy groups -OCH3 is 2. The third-order valence-electron chi connectivity index (χ3n) is 6.96. The molecule has 0 aliphatic carbocycles. The number of carbonyl (C=O) groups excluding carboxylic acids is 6. The number of halogens is 4. The molecule has 53 heavy (non-hydrogen) atoms. The summed E-state index contributed by atoms with van der Waals surface area (Å²) in [6, 6.07) is 8.39. The zero-order valence-corrected chi connectivity index (χ0v) is 30.9. The number of carboxylic acid groups (broad SMARTS) is 2. The van der Waals surface area contributed by atoms with Crippen LogP contribution in [0.3, 0.4) is 0 Å². The van der Waals surface area contributed by atoms with Crippen molar-refractivity contribution in [2.24, 2.45) is 11.8 Å². The molecule has 0 aliphatic heterocycles. The number of hydrogen-bond donors (Lipinski definition) is 2. The molecule has 18 heteroatoms. The molecule has 0 saturated heterocycles. The number of carbonyl (C=O) groups is 8. The summed E-state index contributed by atoms with van der Waals surface area (Å²) in [7, 11) is 2.55. The fourth-order valence-electron chi connectivity index (χ4n) is 4.36. The van der Waals surface area contributed by atoms with Gasteiger partial charge in [0.25, 0.3) is 0 Å². The molecule has 0 saturated carbocycles. The number of ether oxygens (including phenoxy) is 4. The average molecular weight is 818 g/mol. The number of benzene rings is 2. The Kier molecular flexibility index (Phi) is 18.2. The van der Waals surface area contributed by atoms with Crippen LogP contribution < -0.4 is 18.9 Å². The summed E-state index contributed by atoms with van der Waals surface area (Å²) in [5, 5.41) is 18.3. The lowest BCUT2D eigenvalue weighted by Crippen LogP contribution is -2.27. The average Bonchev–Trinajstić information content (AvgIpc) is 3.09. The minimum Gasteiger partial charge on any atom is -0.493 e. The van der Waals surface area contributed by atoms with Crippen molar-refractivity contribution in [3.63, 3.8) is 0 Å². The van der Waals surface area contributed by atoms with Crippen LogP contribution in [0.5, 0.6) is 23.0 Å². The maximum absolute atomic E-state index is 12.7. The second-order valence-electron chi connectivity index (χ2n) is 11.0. The number of rotatable bonds is 22. The van der Waals surface area contributed by atoms with Gasteiger partial charge in [-0.15, -0.1) is 0 Å². The Bertz CT molecular complexity index is 1660. The van der Waals surface area contributed by atoms with Gasteiger partial charge in [0.15, 0.2) is 55.8 Å². The van der Waals surface area contributed by atoms with Crippen molar-refractivity contribution in [2.45, 2.75) is 41.8 Å². The van der Waals surface area contributed by atoms with E-state index in [1.165, 1.54) is 62.8 Å². The number of Topliss-reactive ketones (excluding diaryl/α,β-unsaturated/α-hetero) is 2. The van der Waals surface area contributed by atoms with Crippen LogP contribution in [-0.4, -0.2) is 81.1 Å². The van der Waals surface area contributed by atoms with E-state index in [1.54, 1.807) is 0 Å². The highest BCUT2D eigenvalue weighted by Gasteiger charge is 2.30. The molecule has 0 heterocycles. The van der Waals surface area contributed by atoms with Crippen molar-refractivity contribution >= 4 is 106 Å². The molecule has 0 aromatic heterocycles. The van der Waals surface area contributed by atoms with Crippen molar-refractivity contribution in [2.75, 3.05) is 14.2 Å². The molecule has 2 rings (SSSR count). The van der Waals surface area contributed by atoms with Crippen molar-refractivity contribution in [1.29, 1.82) is 0 Å². The fourth-order valence-corrected chi connectivity index (χ4v) is 4.72. The lowest BCUT2D eigenvalue weighted by Gasteiger charge is -2.15. The van der Waals surface area contributed by atoms with Gasteiger partial charge in [-0.2, -0.15) is 0 Å². The van der Waals surface area contributed by atoms with Crippen molar-refractivity contribution in [3.05, 3.63) is 59.7 Å². The first kappa shape index (κ1) is 44.4. The highest BCUT2D eigenvalue weighted by Crippen LogP contribution is 2.32. The summed E-state index contributed by atoms with van der Waals surface area (Å²) in [4.78, 5) is 93.7. The van der Waals surface area contributed by atoms with Crippen LogP contribution in [-0.2, 0) is 38.4 Å². The number of aliphatic carboxylic acids is 2. The number of carboxylic acids is 2. The Morgan fingerprint density at radius 3 is 1.25 bits per heavy atom. The van der Waals surface area contributed by atoms with Crippen molar-refractivity contribution < 1.29 is 67.5 Å². The first-order chi connectivity index (χ1) is 24.9. The minimum absolute atomic E-state index is 0.0436. The Morgan fingerprint density at radius 2 is 0.943 bits per heavy atom. The van der Waals surface area contributed by atoms with Crippen LogP contribution in [0.1, 0.15) is 43.2 Å². The van der Waals surface area contributed by atoms with Crippen molar-refractivity contribution in [3.8, 4) is 23.0 Å². The van der Waals surface area contributed by atoms with Gasteiger partial charge in [0.2, 0.25) is 0 Å². The van der Waals surface area contributed by atoms with Crippen LogP contribution in [0.2, 0.25) is 0 Å². The molecule has 0 radical (unpaired) electrons. The first-order valence-electron chi connectivity index (χ1n) is 15.2. The van der Waals surface area contributed by atoms with Gasteiger partial charge in [-0.25, -0.2) is 0 Å². The van der Waals surface area contributed by atoms with Gasteiger partial charge in [0, 0.05) is 12.8 Å². The second kappa shape index (κ2) is 21.7. The van der Waals surface area contributed by atoms with E-state index in [0.717, 1.165) is 12.2 Å². The Labute approximate surface area is 322 Å². The molecule has 0 fully saturated rings. The highest BCUT2D eigenvalue weighted by molar-refractivity contribution is 6.54. The lowest BCUT2D eigenvalue weighted by atomic mass is 9.99. The predicted octanol–water partition coefficient (Wildman–Crippen LogP) is 5.48. The Morgan fingerprint density at radius 1 is 0.585 bits per heavy atom. The molecule has 0 aliphatic rings. The topological polar surface area (TPSA) is 214 Å². The maximum atomic E-state index is 12.7. The molecule has 0 unspecified atom stereocenters. The molecule has 2 N–H and O–H groups in total. The number of hydrogen-bond acceptors (Lipinski definition) is 12. The molecular formula is C35H32Cl4O14. The van der Waals surface area contributed by atoms with E-state index in [4.69, 9.17) is 75.6 Å². The van der Waals surface area contributed by atoms with Crippen LogP contribution in [0, 0.1) is 11.8 Å². The van der Waals surface area contributed by atoms with Gasteiger partial charge in [-0.05, 0) is 47.5 Å². The maximum Gasteiger partial charge on any atom is 0.315 e. The Hall–Kier alpha value is -4.76. The van der Waals surface area contributed by atoms with Gasteiger partial charge < -0.3 is 29.2 Å². The second-order valence-corrected chi connectivity index (χ2v) is 13.2. The highest BCUT2D eigenvalue weighted by atomic mass is 35.5. The fraction of sp³-hybridized carbons (Fsp3) is 0.314. The summed E-state index contributed by atoms with van der Waals surface area (Å²) < 4.78 is 21.0. The molecule has 0 amide bonds. The molecule has 284 valence electrons. The molecule has 2 aromatic rings. The largest absolute Gasteiger partial charge is 0.493 e. The predicted molar refractivity (Wildman–Crippen MR) is 192 cm³/mol. The minimum atomic E-state index is -1.45. The van der Waals surface area contributed by atoms with Gasteiger partial charge >= 0.3 is 23.9 Å². The summed E-state index contributed by atoms with van der Waals surface area (Å²) in [6.07, 6.45) is 2.01. The van der Waals surface area contributed by atoms with E-state index in [9.17, 15) is 38.4 Å². The van der Waals surface area contributed by atoms with Crippen LogP contribution in [0.15, 0.2) is 48.6 Å². The zero-order chi connectivity index (χ0) is 39.8. The summed E-state index contributed by atoms with van der Waals surface area (Å²) in [5.41, 5.74) is 0.830. The van der Waals surface area contributed by atoms with E-state index in [1.807, 2.05) is 0 Å². The van der Waals surface area contributed by atoms with Crippen LogP contribution in [0.25, 0.3) is 12.2 Å². The van der Waals surface area contributed by atoms with E-state index in [2.05, 4.69) is 0 Å². The van der Waals surface area contributed by atoms with E-state index in [0.29, 0.717) is 11.1 Å². The lowest BCUT2D eigenvalue weighted by molar-refractivity contribution is -0.147. The quantitative estimate of drug-likeness (QED) is 0.0495. The van der Waals surface area contributed by atoms with Gasteiger partial charge in [-0.3, -0.25) is 38.4 Å². The summed E-state index contributed by atoms with van der Waals surface area (Å²) in [5.74, 6) is -10.2. The number of esters is 2. The van der Waals surface area contributed by atoms with Gasteiger partial charge in [-0.1, -0.05) is 70.7 Å². The molecule has 2 atom stereocenters. The number of ketones is 4. The molecular weight excluding hydrogens is 786 g/mol. The van der Waals surface area contributed by atoms with E-state index >= 15 is 0 Å². The van der Waals surface area contributed by atoms with Gasteiger partial charge in [0.1, 0.15) is 0 Å². The Balaban J connectivity index is 2.07. The van der Waals surface area contributed by atoms with Crippen LogP contribution >= 0.6 is 46.4 Å². The number of allylic oxidation sites excluding steroid dienone is 2. The SMILES string of the molecule is COc1cc(/C=C/C(=O)CC(=O)/C=C/c2ccc(OC(=O)[C@H](CC(=O)O)CC(=O)C(Cl)Cl)c(OC)c2)ccc1OC(=O)[C@H](CC(=O)O)CC(=O)C(Cl)Cl. The van der Waals surface area contributed by atoms with Crippen molar-refractivity contribution in [1.82, 2.24) is 0 Å². The first-order valence-corrected chi connectivity index (χ1v) is 16.9.